The fourth-order valence-corrected chi connectivity index (χ4v) is 10.9. The van der Waals surface area contributed by atoms with Crippen LogP contribution >= 0.6 is 22.7 Å². The topological polar surface area (TPSA) is 0 Å². The molecule has 0 aliphatic heterocycles. The lowest BCUT2D eigenvalue weighted by Gasteiger charge is -2.11. The summed E-state index contributed by atoms with van der Waals surface area (Å²) >= 11 is 3.78. The third kappa shape index (κ3) is 28.3. The van der Waals surface area contributed by atoms with Crippen LogP contribution in [0.3, 0.4) is 0 Å². The van der Waals surface area contributed by atoms with Crippen molar-refractivity contribution >= 4 is 32.1 Å². The van der Waals surface area contributed by atoms with E-state index in [0.717, 1.165) is 0 Å². The molecule has 2 atom stereocenters. The summed E-state index contributed by atoms with van der Waals surface area (Å²) in [6.45, 7) is 9.26. The zero-order valence-corrected chi connectivity index (χ0v) is 41.0. The van der Waals surface area contributed by atoms with Gasteiger partial charge in [-0.15, -0.1) is 22.7 Å². The number of hydrogen-bond donors (Lipinski definition) is 0. The Bertz CT molecular complexity index is 1190. The molecule has 2 rings (SSSR count). The molecule has 0 N–H and O–H groups in total. The van der Waals surface area contributed by atoms with Crippen molar-refractivity contribution in [3.63, 3.8) is 0 Å². The summed E-state index contributed by atoms with van der Waals surface area (Å²) in [5.74, 6) is 16.3. The van der Waals surface area contributed by atoms with E-state index in [4.69, 9.17) is 0 Å². The van der Waals surface area contributed by atoms with Gasteiger partial charge < -0.3 is 0 Å². The third-order valence-corrected chi connectivity index (χ3v) is 14.9. The summed E-state index contributed by atoms with van der Waals surface area (Å²) in [4.78, 5) is 0. The lowest BCUT2D eigenvalue weighted by molar-refractivity contribution is 0.472. The second-order valence-electron chi connectivity index (χ2n) is 18.4. The maximum Gasteiger partial charge on any atom is 0.0620 e. The molecular weight excluding hydrogens is 737 g/mol. The molecule has 0 saturated carbocycles. The van der Waals surface area contributed by atoms with Crippen LogP contribution in [-0.2, 0) is 0 Å². The van der Waals surface area contributed by atoms with E-state index in [1.165, 1.54) is 277 Å². The van der Waals surface area contributed by atoms with Gasteiger partial charge in [-0.1, -0.05) is 283 Å². The molecule has 0 amide bonds. The number of thiophene rings is 2. The van der Waals surface area contributed by atoms with E-state index in [2.05, 4.69) is 62.1 Å². The normalized spacial score (nSPS) is 12.4. The van der Waals surface area contributed by atoms with Crippen molar-refractivity contribution in [1.29, 1.82) is 0 Å². The van der Waals surface area contributed by atoms with Gasteiger partial charge in [0.1, 0.15) is 0 Å². The van der Waals surface area contributed by atoms with Gasteiger partial charge in [-0.05, 0) is 25.7 Å². The first-order chi connectivity index (χ1) is 28.7. The molecule has 0 aliphatic rings. The Hall–Kier alpha value is -1.22. The van der Waals surface area contributed by atoms with Gasteiger partial charge in [-0.3, -0.25) is 0 Å². The van der Waals surface area contributed by atoms with Crippen molar-refractivity contribution in [3.8, 4) is 23.7 Å². The van der Waals surface area contributed by atoms with Crippen molar-refractivity contribution in [2.24, 2.45) is 11.8 Å². The van der Waals surface area contributed by atoms with E-state index < -0.39 is 0 Å². The quantitative estimate of drug-likeness (QED) is 0.0464. The van der Waals surface area contributed by atoms with Crippen LogP contribution in [0.25, 0.3) is 9.40 Å². The molecule has 0 bridgehead atoms. The highest BCUT2D eigenvalue weighted by Crippen LogP contribution is 2.34. The third-order valence-electron chi connectivity index (χ3n) is 12.7. The Morgan fingerprint density at radius 1 is 0.310 bits per heavy atom. The maximum atomic E-state index is 3.85. The molecule has 2 aromatic heterocycles. The zero-order chi connectivity index (χ0) is 41.4. The van der Waals surface area contributed by atoms with E-state index in [1.54, 1.807) is 0 Å². The van der Waals surface area contributed by atoms with Gasteiger partial charge in [-0.2, -0.15) is 0 Å². The molecule has 2 unspecified atom stereocenters. The molecule has 58 heavy (non-hydrogen) atoms. The minimum Gasteiger partial charge on any atom is -0.140 e. The summed E-state index contributed by atoms with van der Waals surface area (Å²) in [5.41, 5.74) is 2.53. The first-order valence-electron chi connectivity index (χ1n) is 26.2. The van der Waals surface area contributed by atoms with Crippen molar-refractivity contribution in [1.82, 2.24) is 0 Å². The predicted molar refractivity (Wildman–Crippen MR) is 268 cm³/mol. The molecular formula is C56H96S2. The van der Waals surface area contributed by atoms with Gasteiger partial charge in [0.05, 0.1) is 20.5 Å². The Morgan fingerprint density at radius 3 is 0.741 bits per heavy atom. The first kappa shape index (κ1) is 52.9. The fraction of sp³-hybridized carbons (Fsp3) is 0.821. The summed E-state index contributed by atoms with van der Waals surface area (Å²) in [6, 6.07) is 0. The van der Waals surface area contributed by atoms with Gasteiger partial charge >= 0.3 is 0 Å². The molecule has 0 saturated heterocycles. The number of rotatable bonds is 40. The van der Waals surface area contributed by atoms with Crippen molar-refractivity contribution in [2.75, 3.05) is 0 Å². The predicted octanol–water partition coefficient (Wildman–Crippen LogP) is 20.6. The van der Waals surface area contributed by atoms with Gasteiger partial charge in [-0.25, -0.2) is 0 Å². The fourth-order valence-electron chi connectivity index (χ4n) is 8.74. The molecule has 2 heteroatoms. The molecule has 0 spiro atoms. The zero-order valence-electron chi connectivity index (χ0n) is 39.4. The SMILES string of the molecule is CCCCCCCCCCCCC(C#Cc1csc2c(C#CC(CCCCCCCCCC)CCCCCCCCCCCC)csc12)CCCCCCCCCC. The van der Waals surface area contributed by atoms with Crippen molar-refractivity contribution in [3.05, 3.63) is 21.9 Å². The van der Waals surface area contributed by atoms with Gasteiger partial charge in [0, 0.05) is 22.6 Å². The average Bonchev–Trinajstić information content (AvgIpc) is 3.84. The van der Waals surface area contributed by atoms with Crippen LogP contribution in [-0.4, -0.2) is 0 Å². The lowest BCUT2D eigenvalue weighted by Crippen LogP contribution is -1.98. The van der Waals surface area contributed by atoms with Crippen LogP contribution in [0.5, 0.6) is 0 Å². The van der Waals surface area contributed by atoms with Crippen LogP contribution in [0, 0.1) is 35.5 Å². The largest absolute Gasteiger partial charge is 0.140 e. The van der Waals surface area contributed by atoms with Crippen molar-refractivity contribution in [2.45, 2.75) is 285 Å². The van der Waals surface area contributed by atoms with E-state index >= 15 is 0 Å². The number of fused-ring (bicyclic) bond motifs is 1. The molecule has 0 aromatic carbocycles. The second-order valence-corrected chi connectivity index (χ2v) is 20.1. The van der Waals surface area contributed by atoms with E-state index in [9.17, 15) is 0 Å². The van der Waals surface area contributed by atoms with Crippen LogP contribution < -0.4 is 0 Å². The summed E-state index contributed by atoms with van der Waals surface area (Å²) in [7, 11) is 0. The van der Waals surface area contributed by atoms with Crippen molar-refractivity contribution < 1.29 is 0 Å². The number of hydrogen-bond acceptors (Lipinski definition) is 2. The maximum absolute atomic E-state index is 3.85. The lowest BCUT2D eigenvalue weighted by atomic mass is 9.94. The van der Waals surface area contributed by atoms with Crippen LogP contribution in [0.1, 0.15) is 296 Å². The standard InChI is InChI=1S/C56H96S2/c1-5-9-13-17-21-25-27-31-35-39-43-51(41-37-33-29-23-19-15-11-7-3)45-47-53-49-57-56-54(50-58-55(53)56)48-46-52(42-38-34-30-24-20-16-12-8-4)44-40-36-32-28-26-22-18-14-10-6-2/h49-52H,5-44H2,1-4H3. The van der Waals surface area contributed by atoms with E-state index in [1.807, 2.05) is 22.7 Å². The minimum absolute atomic E-state index is 0.547. The summed E-state index contributed by atoms with van der Waals surface area (Å²) in [5, 5.41) is 4.68. The van der Waals surface area contributed by atoms with Crippen LogP contribution in [0.2, 0.25) is 0 Å². The minimum atomic E-state index is 0.547. The first-order valence-corrected chi connectivity index (χ1v) is 28.0. The molecule has 0 nitrogen and oxygen atoms in total. The number of unbranched alkanes of at least 4 members (excludes halogenated alkanes) is 32. The Kier molecular flexibility index (Phi) is 36.4. The smallest absolute Gasteiger partial charge is 0.0620 e. The van der Waals surface area contributed by atoms with E-state index in [-0.39, 0.29) is 0 Å². The highest BCUT2D eigenvalue weighted by molar-refractivity contribution is 7.26. The molecule has 2 aromatic rings. The molecule has 0 fully saturated rings. The highest BCUT2D eigenvalue weighted by atomic mass is 32.1. The molecule has 2 heterocycles. The highest BCUT2D eigenvalue weighted by Gasteiger charge is 2.11. The second kappa shape index (κ2) is 39.9. The van der Waals surface area contributed by atoms with Crippen LogP contribution in [0.4, 0.5) is 0 Å². The molecule has 332 valence electrons. The van der Waals surface area contributed by atoms with Gasteiger partial charge in [0.25, 0.3) is 0 Å². The average molecular weight is 834 g/mol. The monoisotopic (exact) mass is 833 g/mol. The Morgan fingerprint density at radius 2 is 0.517 bits per heavy atom. The summed E-state index contributed by atoms with van der Waals surface area (Å²) in [6.07, 6.45) is 55.7. The molecule has 0 radical (unpaired) electrons. The Balaban J connectivity index is 1.97. The molecule has 0 aliphatic carbocycles. The summed E-state index contributed by atoms with van der Waals surface area (Å²) < 4.78 is 2.78. The van der Waals surface area contributed by atoms with Gasteiger partial charge in [0.15, 0.2) is 0 Å². The van der Waals surface area contributed by atoms with Gasteiger partial charge in [0.2, 0.25) is 0 Å². The van der Waals surface area contributed by atoms with E-state index in [0.29, 0.717) is 11.8 Å². The Labute approximate surface area is 372 Å². The van der Waals surface area contributed by atoms with Crippen LogP contribution in [0.15, 0.2) is 10.8 Å².